The van der Waals surface area contributed by atoms with E-state index in [4.69, 9.17) is 10.2 Å². The zero-order chi connectivity index (χ0) is 6.57. The maximum Gasteiger partial charge on any atom is 0.450 e. The fourth-order valence-corrected chi connectivity index (χ4v) is 0.0855. The average Bonchev–Trinajstić information content (AvgIpc) is 1.61. The molecule has 2 N–H and O–H groups in total. The Kier molecular flexibility index (Phi) is 5.58. The molecule has 0 heterocycles. The van der Waals surface area contributed by atoms with Crippen molar-refractivity contribution in [1.82, 2.24) is 0 Å². The molecule has 0 unspecified atom stereocenters. The van der Waals surface area contributed by atoms with Crippen molar-refractivity contribution in [2.45, 2.75) is 0 Å². The van der Waals surface area contributed by atoms with Gasteiger partial charge < -0.3 is 10.2 Å². The minimum Gasteiger partial charge on any atom is -0.462 e. The van der Waals surface area contributed by atoms with Crippen molar-refractivity contribution >= 4 is 20.6 Å². The normalized spacial score (nSPS) is 8.44. The highest BCUT2D eigenvalue weighted by molar-refractivity contribution is 5.75. The van der Waals surface area contributed by atoms with Gasteiger partial charge in [-0.3, -0.25) is 0 Å². The van der Waals surface area contributed by atoms with Crippen molar-refractivity contribution in [3.05, 3.63) is 0 Å². The van der Waals surface area contributed by atoms with Crippen LogP contribution in [0.25, 0.3) is 0 Å². The fourth-order valence-electron chi connectivity index (χ4n) is 0.0855. The summed E-state index contributed by atoms with van der Waals surface area (Å²) in [5.74, 6) is 0. The first kappa shape index (κ1) is 10.6. The fraction of sp³-hybridized carbons (Fsp3) is 0. The standard InChI is InChI=1S/C2H2N2O4.BH3/c5-1(6)3-4-2(7)8;/h(H,5,6)(H,7,8);1H3. The third-order valence-electron chi connectivity index (χ3n) is 0.221. The molecule has 9 heavy (non-hydrogen) atoms. The molecular weight excluding hydrogens is 127 g/mol. The molecule has 0 atom stereocenters. The number of carboxylic acid groups (broad SMARTS) is 2. The largest absolute Gasteiger partial charge is 0.462 e. The summed E-state index contributed by atoms with van der Waals surface area (Å²) in [5.41, 5.74) is 0. The topological polar surface area (TPSA) is 99.3 Å². The minimum absolute atomic E-state index is 0. The molecule has 6 nitrogen and oxygen atoms in total. The number of hydrogen-bond donors (Lipinski definition) is 2. The molecule has 0 aliphatic carbocycles. The number of rotatable bonds is 0. The molecule has 0 saturated heterocycles. The molecule has 0 bridgehead atoms. The second-order valence-electron chi connectivity index (χ2n) is 0.765. The third kappa shape index (κ3) is 10.8. The summed E-state index contributed by atoms with van der Waals surface area (Å²) in [5, 5.41) is 19.8. The lowest BCUT2D eigenvalue weighted by atomic mass is 10.8. The summed E-state index contributed by atoms with van der Waals surface area (Å²) in [4.78, 5) is 18.8. The lowest BCUT2D eigenvalue weighted by Gasteiger charge is -1.72. The monoisotopic (exact) mass is 132 g/mol. The summed E-state index contributed by atoms with van der Waals surface area (Å²) in [7, 11) is 0. The first-order valence-corrected chi connectivity index (χ1v) is 1.50. The Morgan fingerprint density at radius 2 is 1.22 bits per heavy atom. The van der Waals surface area contributed by atoms with Crippen LogP contribution in [0.4, 0.5) is 9.59 Å². The molecule has 0 aromatic heterocycles. The molecule has 50 valence electrons. The second kappa shape index (κ2) is 4.76. The second-order valence-corrected chi connectivity index (χ2v) is 0.765. The highest BCUT2D eigenvalue weighted by atomic mass is 16.4. The summed E-state index contributed by atoms with van der Waals surface area (Å²) >= 11 is 0. The number of carbonyl (C=O) groups is 2. The van der Waals surface area contributed by atoms with Gasteiger partial charge in [0.25, 0.3) is 0 Å². The van der Waals surface area contributed by atoms with E-state index in [0.29, 0.717) is 0 Å². The zero-order valence-electron chi connectivity index (χ0n) is 3.61. The first-order chi connectivity index (χ1) is 3.63. The molecule has 0 radical (unpaired) electrons. The number of hydrogen-bond acceptors (Lipinski definition) is 2. The molecule has 0 rings (SSSR count). The van der Waals surface area contributed by atoms with Crippen LogP contribution in [0.15, 0.2) is 10.2 Å². The van der Waals surface area contributed by atoms with Gasteiger partial charge in [0, 0.05) is 0 Å². The van der Waals surface area contributed by atoms with Crippen molar-refractivity contribution in [3.63, 3.8) is 0 Å². The summed E-state index contributed by atoms with van der Waals surface area (Å²) < 4.78 is 0. The van der Waals surface area contributed by atoms with Gasteiger partial charge in [0.2, 0.25) is 0 Å². The molecular formula is C2H5BN2O4. The van der Waals surface area contributed by atoms with E-state index >= 15 is 0 Å². The summed E-state index contributed by atoms with van der Waals surface area (Å²) in [6.07, 6.45) is -3.24. The van der Waals surface area contributed by atoms with E-state index in [1.165, 1.54) is 0 Å². The van der Waals surface area contributed by atoms with Gasteiger partial charge >= 0.3 is 12.2 Å². The van der Waals surface area contributed by atoms with Crippen LogP contribution in [0.3, 0.4) is 0 Å². The van der Waals surface area contributed by atoms with Gasteiger partial charge in [-0.05, 0) is 0 Å². The van der Waals surface area contributed by atoms with E-state index in [1.54, 1.807) is 0 Å². The van der Waals surface area contributed by atoms with Crippen molar-refractivity contribution < 1.29 is 19.8 Å². The predicted octanol–water partition coefficient (Wildman–Crippen LogP) is -0.389. The van der Waals surface area contributed by atoms with Crippen molar-refractivity contribution in [2.24, 2.45) is 10.2 Å². The maximum absolute atomic E-state index is 9.38. The van der Waals surface area contributed by atoms with Gasteiger partial charge in [0.1, 0.15) is 0 Å². The first-order valence-electron chi connectivity index (χ1n) is 1.50. The Labute approximate surface area is 51.8 Å². The Bertz CT molecular complexity index is 128. The molecule has 7 heteroatoms. The number of amides is 2. The quantitative estimate of drug-likeness (QED) is 0.346. The van der Waals surface area contributed by atoms with Crippen LogP contribution in [0, 0.1) is 0 Å². The third-order valence-corrected chi connectivity index (χ3v) is 0.221. The van der Waals surface area contributed by atoms with Crippen LogP contribution in [0.5, 0.6) is 0 Å². The van der Waals surface area contributed by atoms with E-state index in [0.717, 1.165) is 0 Å². The van der Waals surface area contributed by atoms with E-state index in [2.05, 4.69) is 10.2 Å². The van der Waals surface area contributed by atoms with E-state index in [-0.39, 0.29) is 8.41 Å². The van der Waals surface area contributed by atoms with Crippen LogP contribution < -0.4 is 0 Å². The smallest absolute Gasteiger partial charge is 0.450 e. The van der Waals surface area contributed by atoms with Gasteiger partial charge in [-0.25, -0.2) is 9.59 Å². The van der Waals surface area contributed by atoms with Crippen LogP contribution in [-0.2, 0) is 0 Å². The van der Waals surface area contributed by atoms with Crippen molar-refractivity contribution in [1.29, 1.82) is 0 Å². The highest BCUT2D eigenvalue weighted by Gasteiger charge is 1.91. The molecule has 0 aliphatic rings. The maximum atomic E-state index is 9.38. The average molecular weight is 132 g/mol. The lowest BCUT2D eigenvalue weighted by Crippen LogP contribution is -1.87. The lowest BCUT2D eigenvalue weighted by molar-refractivity contribution is 0.194. The molecule has 0 aromatic carbocycles. The molecule has 0 saturated carbocycles. The zero-order valence-corrected chi connectivity index (χ0v) is 3.61. The molecule has 0 fully saturated rings. The SMILES string of the molecule is B.O=C(O)N=NC(=O)O. The molecule has 0 aromatic rings. The molecule has 2 amide bonds. The van der Waals surface area contributed by atoms with Gasteiger partial charge in [-0.15, -0.1) is 0 Å². The molecule has 0 aliphatic heterocycles. The molecule has 0 spiro atoms. The van der Waals surface area contributed by atoms with Crippen molar-refractivity contribution in [3.8, 4) is 0 Å². The number of nitrogens with zero attached hydrogens (tertiary/aromatic N) is 2. The minimum atomic E-state index is -1.62. The van der Waals surface area contributed by atoms with E-state index < -0.39 is 12.2 Å². The van der Waals surface area contributed by atoms with Crippen molar-refractivity contribution in [2.75, 3.05) is 0 Å². The Hall–Kier alpha value is -1.40. The number of azo groups is 1. The van der Waals surface area contributed by atoms with E-state index in [9.17, 15) is 9.59 Å². The Morgan fingerprint density at radius 3 is 1.33 bits per heavy atom. The predicted molar refractivity (Wildman–Crippen MR) is 30.8 cm³/mol. The van der Waals surface area contributed by atoms with Crippen LogP contribution >= 0.6 is 0 Å². The van der Waals surface area contributed by atoms with Gasteiger partial charge in [-0.2, -0.15) is 0 Å². The van der Waals surface area contributed by atoms with Gasteiger partial charge in [-0.1, -0.05) is 10.2 Å². The Balaban J connectivity index is 0. The van der Waals surface area contributed by atoms with Crippen LogP contribution in [-0.4, -0.2) is 30.8 Å². The van der Waals surface area contributed by atoms with Crippen LogP contribution in [0.1, 0.15) is 0 Å². The van der Waals surface area contributed by atoms with Crippen LogP contribution in [0.2, 0.25) is 0 Å². The highest BCUT2D eigenvalue weighted by Crippen LogP contribution is 1.76. The Morgan fingerprint density at radius 1 is 1.00 bits per heavy atom. The van der Waals surface area contributed by atoms with E-state index in [1.807, 2.05) is 0 Å². The van der Waals surface area contributed by atoms with Gasteiger partial charge in [0.05, 0.1) is 8.41 Å². The van der Waals surface area contributed by atoms with Gasteiger partial charge in [0.15, 0.2) is 0 Å². The summed E-state index contributed by atoms with van der Waals surface area (Å²) in [6.45, 7) is 0. The summed E-state index contributed by atoms with van der Waals surface area (Å²) in [6, 6.07) is 0.